The molecule has 1 atom stereocenters. The Kier molecular flexibility index (Phi) is 9.54. The number of methoxy groups -OCH3 is 2. The normalized spacial score (nSPS) is 11.8. The lowest BCUT2D eigenvalue weighted by Crippen LogP contribution is -2.29. The number of anilines is 1. The third kappa shape index (κ3) is 6.57. The Labute approximate surface area is 237 Å². The Bertz CT molecular complexity index is 1520. The molecule has 1 amide bonds. The van der Waals surface area contributed by atoms with E-state index in [1.165, 1.54) is 26.0 Å². The molecule has 0 saturated carbocycles. The number of hydrogen-bond donors (Lipinski definition) is 1. The van der Waals surface area contributed by atoms with Crippen LogP contribution in [0, 0.1) is 0 Å². The summed E-state index contributed by atoms with van der Waals surface area (Å²) in [4.78, 5) is 32.0. The maximum Gasteiger partial charge on any atom is 0.262 e. The molecule has 39 heavy (non-hydrogen) atoms. The number of para-hydroxylation sites is 1. The Morgan fingerprint density at radius 2 is 1.74 bits per heavy atom. The van der Waals surface area contributed by atoms with E-state index in [-0.39, 0.29) is 11.5 Å². The van der Waals surface area contributed by atoms with Gasteiger partial charge in [0.1, 0.15) is 0 Å². The summed E-state index contributed by atoms with van der Waals surface area (Å²) in [6.45, 7) is 4.39. The van der Waals surface area contributed by atoms with E-state index in [1.807, 2.05) is 55.5 Å². The van der Waals surface area contributed by atoms with Crippen LogP contribution in [0.3, 0.4) is 0 Å². The molecule has 7 nitrogen and oxygen atoms in total. The summed E-state index contributed by atoms with van der Waals surface area (Å²) in [5.74, 6) is 0.802. The van der Waals surface area contributed by atoms with Gasteiger partial charge in [0.2, 0.25) is 5.91 Å². The standard InChI is InChI=1S/C30H32ClN3O4S/c1-5-20-9-7-8-10-23(20)32-28(35)27(6-2)39-30-33-24-18-26(38-4)25(37-3)17-22(24)29(36)34(30)16-15-19-11-13-21(31)14-12-19/h7-14,17-18,27H,5-6,15-16H2,1-4H3,(H,32,35)/t27-/m0/s1. The molecule has 0 radical (unpaired) electrons. The van der Waals surface area contributed by atoms with E-state index >= 15 is 0 Å². The number of nitrogens with zero attached hydrogens (tertiary/aromatic N) is 2. The van der Waals surface area contributed by atoms with Crippen LogP contribution in [-0.4, -0.2) is 34.9 Å². The number of halogens is 1. The second-order valence-electron chi connectivity index (χ2n) is 8.97. The number of hydrogen-bond acceptors (Lipinski definition) is 6. The van der Waals surface area contributed by atoms with Gasteiger partial charge in [0.15, 0.2) is 16.7 Å². The van der Waals surface area contributed by atoms with E-state index < -0.39 is 5.25 Å². The average Bonchev–Trinajstić information content (AvgIpc) is 2.96. The zero-order valence-electron chi connectivity index (χ0n) is 22.5. The van der Waals surface area contributed by atoms with Crippen molar-refractivity contribution in [2.45, 2.75) is 50.1 Å². The second kappa shape index (κ2) is 13.0. The molecule has 0 spiro atoms. The number of rotatable bonds is 11. The molecule has 0 aliphatic heterocycles. The van der Waals surface area contributed by atoms with E-state index in [0.717, 1.165) is 23.2 Å². The number of amides is 1. The predicted molar refractivity (Wildman–Crippen MR) is 159 cm³/mol. The fourth-order valence-electron chi connectivity index (χ4n) is 4.32. The molecule has 3 aromatic carbocycles. The van der Waals surface area contributed by atoms with E-state index in [0.29, 0.717) is 52.0 Å². The van der Waals surface area contributed by atoms with Crippen LogP contribution >= 0.6 is 23.4 Å². The first-order chi connectivity index (χ1) is 18.9. The molecule has 0 aliphatic rings. The highest BCUT2D eigenvalue weighted by molar-refractivity contribution is 8.00. The van der Waals surface area contributed by atoms with Crippen molar-refractivity contribution < 1.29 is 14.3 Å². The summed E-state index contributed by atoms with van der Waals surface area (Å²) in [7, 11) is 3.07. The summed E-state index contributed by atoms with van der Waals surface area (Å²) in [5, 5.41) is 4.16. The van der Waals surface area contributed by atoms with Crippen LogP contribution in [0.4, 0.5) is 5.69 Å². The van der Waals surface area contributed by atoms with E-state index in [2.05, 4.69) is 12.2 Å². The molecule has 204 valence electrons. The Morgan fingerprint density at radius 3 is 2.41 bits per heavy atom. The molecule has 0 aliphatic carbocycles. The van der Waals surface area contributed by atoms with Gasteiger partial charge in [0.25, 0.3) is 5.56 Å². The van der Waals surface area contributed by atoms with Crippen LogP contribution in [0.25, 0.3) is 10.9 Å². The van der Waals surface area contributed by atoms with Crippen molar-refractivity contribution in [3.63, 3.8) is 0 Å². The predicted octanol–water partition coefficient (Wildman–Crippen LogP) is 6.38. The van der Waals surface area contributed by atoms with Gasteiger partial charge in [0, 0.05) is 23.3 Å². The van der Waals surface area contributed by atoms with Crippen molar-refractivity contribution >= 4 is 45.9 Å². The number of carbonyl (C=O) groups is 1. The molecule has 4 rings (SSSR count). The number of ether oxygens (including phenoxy) is 2. The Balaban J connectivity index is 1.73. The van der Waals surface area contributed by atoms with Gasteiger partial charge in [-0.2, -0.15) is 0 Å². The maximum absolute atomic E-state index is 13.8. The molecule has 0 saturated heterocycles. The fraction of sp³-hybridized carbons (Fsp3) is 0.300. The molecule has 9 heteroatoms. The monoisotopic (exact) mass is 565 g/mol. The zero-order chi connectivity index (χ0) is 27.9. The summed E-state index contributed by atoms with van der Waals surface area (Å²) >= 11 is 7.34. The van der Waals surface area contributed by atoms with Crippen LogP contribution in [0.5, 0.6) is 11.5 Å². The third-order valence-corrected chi connectivity index (χ3v) is 8.14. The fourth-order valence-corrected chi connectivity index (χ4v) is 5.49. The molecule has 1 aromatic heterocycles. The molecule has 0 unspecified atom stereocenters. The van der Waals surface area contributed by atoms with Gasteiger partial charge in [-0.05, 0) is 54.7 Å². The number of aromatic nitrogens is 2. The smallest absolute Gasteiger partial charge is 0.262 e. The van der Waals surface area contributed by atoms with Crippen LogP contribution in [0.1, 0.15) is 31.4 Å². The van der Waals surface area contributed by atoms with Gasteiger partial charge in [-0.3, -0.25) is 14.2 Å². The Hall–Kier alpha value is -3.49. The first-order valence-electron chi connectivity index (χ1n) is 12.8. The lowest BCUT2D eigenvalue weighted by Gasteiger charge is -2.19. The summed E-state index contributed by atoms with van der Waals surface area (Å²) in [6, 6.07) is 18.7. The minimum Gasteiger partial charge on any atom is -0.493 e. The third-order valence-electron chi connectivity index (χ3n) is 6.53. The van der Waals surface area contributed by atoms with Crippen LogP contribution in [0.15, 0.2) is 70.6 Å². The highest BCUT2D eigenvalue weighted by Gasteiger charge is 2.23. The van der Waals surface area contributed by atoms with Gasteiger partial charge in [-0.15, -0.1) is 0 Å². The molecule has 0 fully saturated rings. The lowest BCUT2D eigenvalue weighted by molar-refractivity contribution is -0.115. The molecule has 1 heterocycles. The van der Waals surface area contributed by atoms with Gasteiger partial charge in [0.05, 0.1) is 30.4 Å². The van der Waals surface area contributed by atoms with Crippen molar-refractivity contribution in [2.75, 3.05) is 19.5 Å². The summed E-state index contributed by atoms with van der Waals surface area (Å²) in [5.41, 5.74) is 3.18. The van der Waals surface area contributed by atoms with Crippen LogP contribution < -0.4 is 20.3 Å². The number of carbonyl (C=O) groups excluding carboxylic acids is 1. The first-order valence-corrected chi connectivity index (χ1v) is 14.1. The number of fused-ring (bicyclic) bond motifs is 1. The molecular formula is C30H32ClN3O4S. The first kappa shape index (κ1) is 28.5. The van der Waals surface area contributed by atoms with Crippen molar-refractivity contribution in [1.82, 2.24) is 9.55 Å². The van der Waals surface area contributed by atoms with E-state index in [1.54, 1.807) is 16.7 Å². The summed E-state index contributed by atoms with van der Waals surface area (Å²) in [6.07, 6.45) is 1.96. The Morgan fingerprint density at radius 1 is 1.05 bits per heavy atom. The maximum atomic E-state index is 13.8. The molecule has 1 N–H and O–H groups in total. The second-order valence-corrected chi connectivity index (χ2v) is 10.6. The van der Waals surface area contributed by atoms with E-state index in [9.17, 15) is 9.59 Å². The van der Waals surface area contributed by atoms with Gasteiger partial charge in [-0.25, -0.2) is 4.98 Å². The van der Waals surface area contributed by atoms with Crippen molar-refractivity contribution in [2.24, 2.45) is 0 Å². The highest BCUT2D eigenvalue weighted by atomic mass is 35.5. The zero-order valence-corrected chi connectivity index (χ0v) is 24.1. The quantitative estimate of drug-likeness (QED) is 0.168. The summed E-state index contributed by atoms with van der Waals surface area (Å²) < 4.78 is 12.5. The average molecular weight is 566 g/mol. The highest BCUT2D eigenvalue weighted by Crippen LogP contribution is 2.32. The van der Waals surface area contributed by atoms with Gasteiger partial charge in [-0.1, -0.05) is 67.5 Å². The van der Waals surface area contributed by atoms with Crippen molar-refractivity contribution in [3.05, 3.63) is 87.2 Å². The van der Waals surface area contributed by atoms with Crippen molar-refractivity contribution in [1.29, 1.82) is 0 Å². The molecule has 0 bridgehead atoms. The number of nitrogens with one attached hydrogen (secondary N) is 1. The SMILES string of the molecule is CCc1ccccc1NC(=O)[C@H](CC)Sc1nc2cc(OC)c(OC)cc2c(=O)n1CCc1ccc(Cl)cc1. The van der Waals surface area contributed by atoms with Gasteiger partial charge >= 0.3 is 0 Å². The molecule has 4 aromatic rings. The number of thioether (sulfide) groups is 1. The van der Waals surface area contributed by atoms with E-state index in [4.69, 9.17) is 26.1 Å². The topological polar surface area (TPSA) is 82.5 Å². The van der Waals surface area contributed by atoms with Gasteiger partial charge < -0.3 is 14.8 Å². The number of benzene rings is 3. The minimum absolute atomic E-state index is 0.130. The minimum atomic E-state index is -0.457. The molecular weight excluding hydrogens is 534 g/mol. The van der Waals surface area contributed by atoms with Crippen LogP contribution in [0.2, 0.25) is 5.02 Å². The largest absolute Gasteiger partial charge is 0.493 e. The van der Waals surface area contributed by atoms with Crippen molar-refractivity contribution in [3.8, 4) is 11.5 Å². The van der Waals surface area contributed by atoms with Crippen LogP contribution in [-0.2, 0) is 24.2 Å². The number of aryl methyl sites for hydroxylation is 2. The lowest BCUT2D eigenvalue weighted by atomic mass is 10.1.